The summed E-state index contributed by atoms with van der Waals surface area (Å²) >= 11 is 1.88. The highest BCUT2D eigenvalue weighted by atomic mass is 32.1. The lowest BCUT2D eigenvalue weighted by Gasteiger charge is -2.22. The predicted molar refractivity (Wildman–Crippen MR) is 164 cm³/mol. The molecule has 2 heterocycles. The number of thiophene rings is 1. The van der Waals surface area contributed by atoms with Crippen molar-refractivity contribution in [2.45, 2.75) is 26.2 Å². The van der Waals surface area contributed by atoms with Crippen molar-refractivity contribution in [1.82, 2.24) is 9.55 Å². The summed E-state index contributed by atoms with van der Waals surface area (Å²) in [5.41, 5.74) is 8.16. The van der Waals surface area contributed by atoms with Gasteiger partial charge in [-0.1, -0.05) is 93.6 Å². The smallest absolute Gasteiger partial charge is 0.145 e. The van der Waals surface area contributed by atoms with Crippen LogP contribution >= 0.6 is 11.3 Å². The molecule has 2 nitrogen and oxygen atoms in total. The summed E-state index contributed by atoms with van der Waals surface area (Å²) < 4.78 is 4.95. The maximum Gasteiger partial charge on any atom is 0.145 e. The second kappa shape index (κ2) is 8.68. The van der Waals surface area contributed by atoms with Crippen LogP contribution in [-0.4, -0.2) is 9.55 Å². The Balaban J connectivity index is 1.53. The summed E-state index contributed by atoms with van der Waals surface area (Å²) in [7, 11) is 0. The van der Waals surface area contributed by atoms with Gasteiger partial charge in [0.2, 0.25) is 0 Å². The van der Waals surface area contributed by atoms with Gasteiger partial charge in [-0.2, -0.15) is 0 Å². The Morgan fingerprint density at radius 2 is 1.37 bits per heavy atom. The highest BCUT2D eigenvalue weighted by Gasteiger charge is 2.21. The highest BCUT2D eigenvalue weighted by Crippen LogP contribution is 2.42. The number of hydrogen-bond acceptors (Lipinski definition) is 2. The Morgan fingerprint density at radius 1 is 0.658 bits per heavy atom. The Labute approximate surface area is 226 Å². The molecule has 0 saturated carbocycles. The number of para-hydroxylation sites is 3. The third-order valence-electron chi connectivity index (χ3n) is 7.35. The maximum absolute atomic E-state index is 5.18. The number of fused-ring (bicyclic) bond motifs is 4. The van der Waals surface area contributed by atoms with Gasteiger partial charge in [-0.3, -0.25) is 4.57 Å². The standard InChI is InChI=1S/C35H28N2S/c1-35(2,3)25-21-23(27-15-11-16-29-28-14-7-10-19-32(28)38-33(27)29)20-24(22-25)34-36-30-17-8-9-18-31(30)37(34)26-12-5-4-6-13-26/h4-22H,1-3H3. The number of benzene rings is 5. The van der Waals surface area contributed by atoms with Gasteiger partial charge in [-0.25, -0.2) is 4.98 Å². The van der Waals surface area contributed by atoms with Gasteiger partial charge in [-0.15, -0.1) is 11.3 Å². The second-order valence-electron chi connectivity index (χ2n) is 10.9. The van der Waals surface area contributed by atoms with Gasteiger partial charge >= 0.3 is 0 Å². The monoisotopic (exact) mass is 508 g/mol. The Hall–Kier alpha value is -4.21. The third kappa shape index (κ3) is 3.74. The van der Waals surface area contributed by atoms with E-state index in [1.54, 1.807) is 0 Å². The topological polar surface area (TPSA) is 17.8 Å². The third-order valence-corrected chi connectivity index (χ3v) is 8.57. The van der Waals surface area contributed by atoms with Gasteiger partial charge in [0.1, 0.15) is 5.82 Å². The fraction of sp³-hybridized carbons (Fsp3) is 0.114. The van der Waals surface area contributed by atoms with Crippen LogP contribution in [0.3, 0.4) is 0 Å². The molecule has 0 radical (unpaired) electrons. The number of hydrogen-bond donors (Lipinski definition) is 0. The predicted octanol–water partition coefficient (Wildman–Crippen LogP) is 10.0. The van der Waals surface area contributed by atoms with E-state index in [1.807, 2.05) is 11.3 Å². The minimum atomic E-state index is -0.0115. The SMILES string of the molecule is CC(C)(C)c1cc(-c2cccc3c2sc2ccccc23)cc(-c2nc3ccccc3n2-c2ccccc2)c1. The molecule has 0 unspecified atom stereocenters. The molecule has 0 N–H and O–H groups in total. The molecular weight excluding hydrogens is 480 g/mol. The van der Waals surface area contributed by atoms with Gasteiger partial charge in [0.25, 0.3) is 0 Å². The molecule has 0 spiro atoms. The van der Waals surface area contributed by atoms with Crippen LogP contribution in [0.4, 0.5) is 0 Å². The summed E-state index contributed by atoms with van der Waals surface area (Å²) in [6, 6.07) is 41.4. The van der Waals surface area contributed by atoms with Crippen molar-refractivity contribution in [2.75, 3.05) is 0 Å². The quantitative estimate of drug-likeness (QED) is 0.232. The first-order chi connectivity index (χ1) is 18.5. The molecule has 0 amide bonds. The molecule has 0 fully saturated rings. The number of nitrogens with zero attached hydrogens (tertiary/aromatic N) is 2. The van der Waals surface area contributed by atoms with Crippen LogP contribution in [0.1, 0.15) is 26.3 Å². The zero-order valence-electron chi connectivity index (χ0n) is 21.8. The van der Waals surface area contributed by atoms with Crippen molar-refractivity contribution in [3.63, 3.8) is 0 Å². The molecule has 0 atom stereocenters. The van der Waals surface area contributed by atoms with Crippen molar-refractivity contribution in [3.05, 3.63) is 121 Å². The summed E-state index contributed by atoms with van der Waals surface area (Å²) in [4.78, 5) is 5.18. The van der Waals surface area contributed by atoms with E-state index < -0.39 is 0 Å². The minimum absolute atomic E-state index is 0.0115. The van der Waals surface area contributed by atoms with Gasteiger partial charge < -0.3 is 0 Å². The van der Waals surface area contributed by atoms with E-state index in [-0.39, 0.29) is 5.41 Å². The first-order valence-corrected chi connectivity index (χ1v) is 13.9. The molecule has 0 bridgehead atoms. The van der Waals surface area contributed by atoms with Gasteiger partial charge in [-0.05, 0) is 64.6 Å². The molecule has 0 aliphatic carbocycles. The Bertz CT molecular complexity index is 1950. The van der Waals surface area contributed by atoms with Crippen molar-refractivity contribution in [1.29, 1.82) is 0 Å². The molecule has 184 valence electrons. The average molecular weight is 509 g/mol. The summed E-state index contributed by atoms with van der Waals surface area (Å²) in [6.07, 6.45) is 0. The molecule has 7 aromatic rings. The van der Waals surface area contributed by atoms with Gasteiger partial charge in [0, 0.05) is 31.4 Å². The van der Waals surface area contributed by atoms with E-state index in [1.165, 1.54) is 36.9 Å². The molecular formula is C35H28N2S. The number of imidazole rings is 1. The minimum Gasteiger partial charge on any atom is -0.292 e. The molecule has 0 aliphatic heterocycles. The Kier molecular flexibility index (Phi) is 5.24. The van der Waals surface area contributed by atoms with Gasteiger partial charge in [0.15, 0.2) is 0 Å². The maximum atomic E-state index is 5.18. The van der Waals surface area contributed by atoms with Crippen molar-refractivity contribution in [3.8, 4) is 28.2 Å². The molecule has 0 aliphatic rings. The fourth-order valence-electron chi connectivity index (χ4n) is 5.38. The first kappa shape index (κ1) is 22.9. The van der Waals surface area contributed by atoms with Gasteiger partial charge in [0.05, 0.1) is 11.0 Å². The lowest BCUT2D eigenvalue weighted by atomic mass is 9.84. The fourth-order valence-corrected chi connectivity index (χ4v) is 6.62. The van der Waals surface area contributed by atoms with Crippen LogP contribution in [0.15, 0.2) is 115 Å². The van der Waals surface area contributed by atoms with Crippen LogP contribution in [-0.2, 0) is 5.41 Å². The van der Waals surface area contributed by atoms with Crippen LogP contribution in [0.5, 0.6) is 0 Å². The normalized spacial score (nSPS) is 12.1. The largest absolute Gasteiger partial charge is 0.292 e. The van der Waals surface area contributed by atoms with E-state index in [2.05, 4.69) is 141 Å². The second-order valence-corrected chi connectivity index (χ2v) is 12.0. The average Bonchev–Trinajstić information content (AvgIpc) is 3.52. The zero-order valence-corrected chi connectivity index (χ0v) is 22.6. The van der Waals surface area contributed by atoms with Crippen molar-refractivity contribution < 1.29 is 0 Å². The van der Waals surface area contributed by atoms with E-state index in [0.717, 1.165) is 28.1 Å². The number of rotatable bonds is 3. The van der Waals surface area contributed by atoms with E-state index >= 15 is 0 Å². The molecule has 38 heavy (non-hydrogen) atoms. The first-order valence-electron chi connectivity index (χ1n) is 13.1. The van der Waals surface area contributed by atoms with Crippen LogP contribution in [0.25, 0.3) is 59.4 Å². The van der Waals surface area contributed by atoms with Crippen LogP contribution in [0, 0.1) is 0 Å². The molecule has 5 aromatic carbocycles. The molecule has 0 saturated heterocycles. The lowest BCUT2D eigenvalue weighted by molar-refractivity contribution is 0.590. The molecule has 7 rings (SSSR count). The van der Waals surface area contributed by atoms with Crippen LogP contribution in [0.2, 0.25) is 0 Å². The zero-order chi connectivity index (χ0) is 25.9. The van der Waals surface area contributed by atoms with Crippen molar-refractivity contribution >= 4 is 42.5 Å². The van der Waals surface area contributed by atoms with E-state index in [9.17, 15) is 0 Å². The molecule has 3 heteroatoms. The highest BCUT2D eigenvalue weighted by molar-refractivity contribution is 7.26. The lowest BCUT2D eigenvalue weighted by Crippen LogP contribution is -2.11. The number of aromatic nitrogens is 2. The van der Waals surface area contributed by atoms with E-state index in [4.69, 9.17) is 4.98 Å². The summed E-state index contributed by atoms with van der Waals surface area (Å²) in [5.74, 6) is 0.966. The summed E-state index contributed by atoms with van der Waals surface area (Å²) in [5, 5.41) is 2.65. The molecule has 2 aromatic heterocycles. The van der Waals surface area contributed by atoms with Crippen molar-refractivity contribution in [2.24, 2.45) is 0 Å². The van der Waals surface area contributed by atoms with E-state index in [0.29, 0.717) is 0 Å². The van der Waals surface area contributed by atoms with Crippen LogP contribution < -0.4 is 0 Å². The Morgan fingerprint density at radius 3 is 2.21 bits per heavy atom. The summed E-state index contributed by atoms with van der Waals surface area (Å²) in [6.45, 7) is 6.86.